The highest BCUT2D eigenvalue weighted by Gasteiger charge is 2.32. The van der Waals surface area contributed by atoms with Crippen molar-refractivity contribution >= 4 is 33.9 Å². The Balaban J connectivity index is 1.08. The van der Waals surface area contributed by atoms with Gasteiger partial charge in [0.25, 0.3) is 0 Å². The maximum atomic E-state index is 15.8. The Morgan fingerprint density at radius 1 is 0.412 bits per heavy atom. The number of sulfonamides is 1. The van der Waals surface area contributed by atoms with Crippen LogP contribution in [0.2, 0.25) is 0 Å². The van der Waals surface area contributed by atoms with E-state index < -0.39 is 46.5 Å². The summed E-state index contributed by atoms with van der Waals surface area (Å²) in [7, 11) is -4.22. The molecule has 0 aliphatic rings. The second-order valence-corrected chi connectivity index (χ2v) is 19.7. The number of carbonyl (C=O) groups excluding carboxylic acids is 4. The van der Waals surface area contributed by atoms with Crippen LogP contribution in [-0.2, 0) is 57.3 Å². The Bertz CT molecular complexity index is 3560. The number of ketones is 1. The predicted molar refractivity (Wildman–Crippen MR) is 298 cm³/mol. The fourth-order valence-corrected chi connectivity index (χ4v) is 9.48. The van der Waals surface area contributed by atoms with E-state index in [1.165, 1.54) is 54.6 Å². The Labute approximate surface area is 463 Å². The number of nitrogens with one attached hydrogen (secondary N) is 1. The first-order chi connectivity index (χ1) is 39.1. The van der Waals surface area contributed by atoms with Crippen molar-refractivity contribution in [2.75, 3.05) is 6.61 Å². The molecule has 0 fully saturated rings. The third-order valence-corrected chi connectivity index (χ3v) is 13.8. The minimum absolute atomic E-state index is 0.0160. The van der Waals surface area contributed by atoms with E-state index in [-0.39, 0.29) is 83.2 Å². The van der Waals surface area contributed by atoms with Crippen molar-refractivity contribution in [3.8, 4) is 23.0 Å². The largest absolute Gasteiger partial charge is 0.514 e. The predicted octanol–water partition coefficient (Wildman–Crippen LogP) is 12.6. The molecule has 1 atom stereocenters. The van der Waals surface area contributed by atoms with E-state index in [1.807, 2.05) is 140 Å². The van der Waals surface area contributed by atoms with Gasteiger partial charge in [-0.05, 0) is 81.9 Å². The standard InChI is InChI=1S/C65H53NO13S/c67-62(60-55(64(69)76-43-49-26-13-4-14-27-49)32-19-33-57(60)73-40-46-20-7-1-8-21-46)61-58(74-41-47-22-9-2-10-23-47)38-52(39-59(61)75-42-48-24-11-3-12-25-48)63(68)77-45-56(66-80(71,72)54-30-17-6-18-31-54)51-34-36-53(37-35-51)79-65(70)78-44-50-28-15-5-16-29-50/h1-39,56,66H,40-45H2. The number of hydrogen-bond donors (Lipinski definition) is 1. The highest BCUT2D eigenvalue weighted by Crippen LogP contribution is 2.38. The van der Waals surface area contributed by atoms with Crippen LogP contribution in [0, 0.1) is 0 Å². The number of esters is 2. The van der Waals surface area contributed by atoms with E-state index in [4.69, 9.17) is 33.2 Å². The van der Waals surface area contributed by atoms with E-state index in [0.29, 0.717) is 5.56 Å². The van der Waals surface area contributed by atoms with Crippen LogP contribution in [0.5, 0.6) is 23.0 Å². The summed E-state index contributed by atoms with van der Waals surface area (Å²) in [5.41, 5.74) is 3.52. The number of carbonyl (C=O) groups is 4. The summed E-state index contributed by atoms with van der Waals surface area (Å²) in [6.07, 6.45) is -0.953. The van der Waals surface area contributed by atoms with Gasteiger partial charge in [0.05, 0.1) is 27.6 Å². The number of benzene rings is 9. The van der Waals surface area contributed by atoms with Gasteiger partial charge in [-0.2, -0.15) is 0 Å². The van der Waals surface area contributed by atoms with Gasteiger partial charge in [0.2, 0.25) is 15.8 Å². The minimum Gasteiger partial charge on any atom is -0.488 e. The molecule has 0 bridgehead atoms. The first-order valence-electron chi connectivity index (χ1n) is 25.4. The Hall–Kier alpha value is -9.83. The topological polar surface area (TPSA) is 179 Å². The average Bonchev–Trinajstić information content (AvgIpc) is 3.56. The molecule has 0 radical (unpaired) electrons. The van der Waals surface area contributed by atoms with Gasteiger partial charge in [0.1, 0.15) is 68.2 Å². The minimum atomic E-state index is -4.22. The van der Waals surface area contributed by atoms with Crippen LogP contribution in [0.15, 0.2) is 241 Å². The Morgan fingerprint density at radius 2 is 0.850 bits per heavy atom. The van der Waals surface area contributed by atoms with Crippen molar-refractivity contribution in [2.24, 2.45) is 0 Å². The lowest BCUT2D eigenvalue weighted by molar-refractivity contribution is 0.0463. The van der Waals surface area contributed by atoms with Gasteiger partial charge < -0.3 is 33.2 Å². The van der Waals surface area contributed by atoms with Crippen molar-refractivity contribution in [3.63, 3.8) is 0 Å². The molecule has 15 heteroatoms. The highest BCUT2D eigenvalue weighted by atomic mass is 32.2. The van der Waals surface area contributed by atoms with E-state index in [2.05, 4.69) is 4.72 Å². The number of ether oxygens (including phenoxy) is 7. The first-order valence-corrected chi connectivity index (χ1v) is 26.8. The lowest BCUT2D eigenvalue weighted by atomic mass is 9.94. The molecule has 0 saturated heterocycles. The molecule has 14 nitrogen and oxygen atoms in total. The molecule has 0 aromatic heterocycles. The average molecular weight is 1090 g/mol. The molecule has 402 valence electrons. The van der Waals surface area contributed by atoms with Gasteiger partial charge in [0, 0.05) is 0 Å². The van der Waals surface area contributed by atoms with Crippen molar-refractivity contribution < 1.29 is 60.8 Å². The van der Waals surface area contributed by atoms with E-state index in [0.717, 1.165) is 27.8 Å². The quantitative estimate of drug-likeness (QED) is 0.0262. The summed E-state index contributed by atoms with van der Waals surface area (Å²) < 4.78 is 72.2. The fourth-order valence-electron chi connectivity index (χ4n) is 8.25. The van der Waals surface area contributed by atoms with Gasteiger partial charge in [-0.3, -0.25) is 4.79 Å². The van der Waals surface area contributed by atoms with Gasteiger partial charge in [-0.15, -0.1) is 0 Å². The molecule has 9 rings (SSSR count). The zero-order valence-electron chi connectivity index (χ0n) is 43.1. The molecule has 0 aliphatic carbocycles. The van der Waals surface area contributed by atoms with Crippen molar-refractivity contribution in [1.82, 2.24) is 4.72 Å². The summed E-state index contributed by atoms with van der Waals surface area (Å²) in [6.45, 7) is -0.777. The summed E-state index contributed by atoms with van der Waals surface area (Å²) in [6, 6.07) is 65.5. The smallest absolute Gasteiger partial charge is 0.488 e. The molecule has 0 aliphatic heterocycles. The van der Waals surface area contributed by atoms with Crippen LogP contribution < -0.4 is 23.7 Å². The molecule has 0 amide bonds. The molecule has 0 heterocycles. The molecular weight excluding hydrogens is 1030 g/mol. The summed E-state index contributed by atoms with van der Waals surface area (Å²) in [4.78, 5) is 57.2. The van der Waals surface area contributed by atoms with Gasteiger partial charge in [0.15, 0.2) is 0 Å². The zero-order chi connectivity index (χ0) is 55.5. The summed E-state index contributed by atoms with van der Waals surface area (Å²) >= 11 is 0. The lowest BCUT2D eigenvalue weighted by Crippen LogP contribution is -2.32. The first kappa shape index (κ1) is 54.9. The van der Waals surface area contributed by atoms with Crippen LogP contribution in [0.1, 0.15) is 76.1 Å². The van der Waals surface area contributed by atoms with Gasteiger partial charge >= 0.3 is 18.1 Å². The summed E-state index contributed by atoms with van der Waals surface area (Å²) in [5.74, 6) is -2.56. The van der Waals surface area contributed by atoms with Crippen LogP contribution in [0.25, 0.3) is 0 Å². The highest BCUT2D eigenvalue weighted by molar-refractivity contribution is 7.89. The van der Waals surface area contributed by atoms with Crippen molar-refractivity contribution in [1.29, 1.82) is 0 Å². The lowest BCUT2D eigenvalue weighted by Gasteiger charge is -2.21. The molecule has 0 saturated carbocycles. The molecule has 0 spiro atoms. The second-order valence-electron chi connectivity index (χ2n) is 18.0. The Kier molecular flexibility index (Phi) is 18.5. The monoisotopic (exact) mass is 1090 g/mol. The summed E-state index contributed by atoms with van der Waals surface area (Å²) in [5, 5.41) is 0. The third kappa shape index (κ3) is 15.0. The maximum Gasteiger partial charge on any atom is 0.514 e. The van der Waals surface area contributed by atoms with E-state index >= 15 is 4.79 Å². The molecule has 9 aromatic rings. The normalized spacial score (nSPS) is 11.3. The second kappa shape index (κ2) is 27.0. The van der Waals surface area contributed by atoms with Gasteiger partial charge in [-0.25, -0.2) is 27.5 Å². The van der Waals surface area contributed by atoms with Crippen LogP contribution in [0.4, 0.5) is 4.79 Å². The number of hydrogen-bond acceptors (Lipinski definition) is 13. The van der Waals surface area contributed by atoms with Crippen LogP contribution >= 0.6 is 0 Å². The number of rotatable bonds is 24. The Morgan fingerprint density at radius 3 is 1.34 bits per heavy atom. The van der Waals surface area contributed by atoms with Gasteiger partial charge in [-0.1, -0.05) is 188 Å². The van der Waals surface area contributed by atoms with Crippen LogP contribution in [0.3, 0.4) is 0 Å². The van der Waals surface area contributed by atoms with Crippen molar-refractivity contribution in [2.45, 2.75) is 44.0 Å². The maximum absolute atomic E-state index is 15.8. The van der Waals surface area contributed by atoms with Crippen molar-refractivity contribution in [3.05, 3.63) is 292 Å². The third-order valence-electron chi connectivity index (χ3n) is 12.3. The SMILES string of the molecule is O=C(OCc1ccccc1)Oc1ccc(C(COC(=O)c2cc(OCc3ccccc3)c(C(=O)c3c(OCc4ccccc4)cccc3C(=O)OCc3ccccc3)c(OCc3ccccc3)c2)NS(=O)(=O)c2ccccc2)cc1. The zero-order valence-corrected chi connectivity index (χ0v) is 43.9. The molecule has 9 aromatic carbocycles. The molecule has 1 N–H and O–H groups in total. The molecule has 80 heavy (non-hydrogen) atoms. The van der Waals surface area contributed by atoms with Crippen LogP contribution in [-0.4, -0.2) is 38.9 Å². The van der Waals surface area contributed by atoms with E-state index in [1.54, 1.807) is 42.5 Å². The molecular formula is C65H53NO13S. The molecule has 1 unspecified atom stereocenters. The van der Waals surface area contributed by atoms with E-state index in [9.17, 15) is 22.8 Å². The fraction of sp³-hybridized carbons (Fsp3) is 0.108.